The van der Waals surface area contributed by atoms with Crippen LogP contribution in [0.25, 0.3) is 0 Å². The number of ether oxygens (including phenoxy) is 2. The molecule has 0 bridgehead atoms. The predicted molar refractivity (Wildman–Crippen MR) is 86.3 cm³/mol. The molecular weight excluding hydrogens is 314 g/mol. The lowest BCUT2D eigenvalue weighted by molar-refractivity contribution is -0.117. The molecule has 1 heterocycles. The first-order valence-electron chi connectivity index (χ1n) is 7.21. The Hall–Kier alpha value is -3.03. The summed E-state index contributed by atoms with van der Waals surface area (Å²) in [5, 5.41) is 8.83. The summed E-state index contributed by atoms with van der Waals surface area (Å²) in [6, 6.07) is 5.58. The van der Waals surface area contributed by atoms with E-state index in [1.165, 1.54) is 14.2 Å². The van der Waals surface area contributed by atoms with E-state index in [9.17, 15) is 9.59 Å². The van der Waals surface area contributed by atoms with Gasteiger partial charge in [-0.3, -0.25) is 9.59 Å². The van der Waals surface area contributed by atoms with E-state index in [2.05, 4.69) is 15.8 Å². The molecule has 0 saturated heterocycles. The van der Waals surface area contributed by atoms with Crippen LogP contribution in [0, 0.1) is 6.92 Å². The molecule has 8 heteroatoms. The number of hydrogen-bond donors (Lipinski definition) is 2. The highest BCUT2D eigenvalue weighted by atomic mass is 16.5. The fraction of sp³-hybridized carbons (Fsp3) is 0.312. The SMILES string of the molecule is COc1cc(OC)cc(C(=O)N[C@@H](C)C(=O)Nc2cc(C)on2)c1. The third kappa shape index (κ3) is 4.25. The number of nitrogens with zero attached hydrogens (tertiary/aromatic N) is 1. The molecule has 0 aliphatic heterocycles. The zero-order chi connectivity index (χ0) is 17.7. The van der Waals surface area contributed by atoms with Crippen LogP contribution in [0.2, 0.25) is 0 Å². The highest BCUT2D eigenvalue weighted by Crippen LogP contribution is 2.22. The van der Waals surface area contributed by atoms with E-state index in [4.69, 9.17) is 14.0 Å². The maximum Gasteiger partial charge on any atom is 0.252 e. The van der Waals surface area contributed by atoms with Gasteiger partial charge in [0.15, 0.2) is 5.82 Å². The fourth-order valence-electron chi connectivity index (χ4n) is 1.94. The summed E-state index contributed by atoms with van der Waals surface area (Å²) in [7, 11) is 2.98. The molecule has 2 aromatic rings. The molecule has 0 unspecified atom stereocenters. The van der Waals surface area contributed by atoms with E-state index in [0.29, 0.717) is 28.6 Å². The van der Waals surface area contributed by atoms with Gasteiger partial charge >= 0.3 is 0 Å². The topological polar surface area (TPSA) is 103 Å². The van der Waals surface area contributed by atoms with Gasteiger partial charge in [-0.15, -0.1) is 0 Å². The Balaban J connectivity index is 2.04. The predicted octanol–water partition coefficient (Wildman–Crippen LogP) is 1.76. The summed E-state index contributed by atoms with van der Waals surface area (Å²) in [6.07, 6.45) is 0. The van der Waals surface area contributed by atoms with Gasteiger partial charge in [0.1, 0.15) is 23.3 Å². The average Bonchev–Trinajstić information content (AvgIpc) is 2.98. The van der Waals surface area contributed by atoms with Crippen molar-refractivity contribution in [2.24, 2.45) is 0 Å². The number of hydrogen-bond acceptors (Lipinski definition) is 6. The van der Waals surface area contributed by atoms with Gasteiger partial charge in [-0.2, -0.15) is 0 Å². The second-order valence-corrected chi connectivity index (χ2v) is 5.11. The first-order valence-corrected chi connectivity index (χ1v) is 7.21. The number of aryl methyl sites for hydroxylation is 1. The minimum atomic E-state index is -0.772. The number of nitrogens with one attached hydrogen (secondary N) is 2. The van der Waals surface area contributed by atoms with Crippen molar-refractivity contribution in [2.45, 2.75) is 19.9 Å². The van der Waals surface area contributed by atoms with E-state index in [1.807, 2.05) is 0 Å². The van der Waals surface area contributed by atoms with Gasteiger partial charge in [0.2, 0.25) is 5.91 Å². The molecule has 0 aliphatic carbocycles. The molecule has 0 radical (unpaired) electrons. The largest absolute Gasteiger partial charge is 0.497 e. The minimum Gasteiger partial charge on any atom is -0.497 e. The van der Waals surface area contributed by atoms with E-state index < -0.39 is 17.9 Å². The Morgan fingerprint density at radius 2 is 1.75 bits per heavy atom. The molecular formula is C16H19N3O5. The third-order valence-corrected chi connectivity index (χ3v) is 3.23. The highest BCUT2D eigenvalue weighted by molar-refractivity contribution is 6.01. The van der Waals surface area contributed by atoms with Crippen molar-refractivity contribution in [3.8, 4) is 11.5 Å². The maximum absolute atomic E-state index is 12.3. The van der Waals surface area contributed by atoms with Gasteiger partial charge in [-0.1, -0.05) is 5.16 Å². The van der Waals surface area contributed by atoms with Gasteiger partial charge in [-0.25, -0.2) is 0 Å². The third-order valence-electron chi connectivity index (χ3n) is 3.23. The Labute approximate surface area is 139 Å². The Bertz CT molecular complexity index is 719. The number of aromatic nitrogens is 1. The van der Waals surface area contributed by atoms with Crippen LogP contribution in [-0.4, -0.2) is 37.2 Å². The number of carbonyl (C=O) groups excluding carboxylic acids is 2. The van der Waals surface area contributed by atoms with Crippen LogP contribution < -0.4 is 20.1 Å². The summed E-state index contributed by atoms with van der Waals surface area (Å²) < 4.78 is 15.1. The van der Waals surface area contributed by atoms with Crippen LogP contribution in [0.15, 0.2) is 28.8 Å². The van der Waals surface area contributed by atoms with Crippen LogP contribution in [0.1, 0.15) is 23.0 Å². The highest BCUT2D eigenvalue weighted by Gasteiger charge is 2.19. The smallest absolute Gasteiger partial charge is 0.252 e. The van der Waals surface area contributed by atoms with Gasteiger partial charge in [-0.05, 0) is 26.0 Å². The Morgan fingerprint density at radius 1 is 1.12 bits per heavy atom. The van der Waals surface area contributed by atoms with Crippen molar-refractivity contribution in [3.63, 3.8) is 0 Å². The van der Waals surface area contributed by atoms with Crippen LogP contribution >= 0.6 is 0 Å². The summed E-state index contributed by atoms with van der Waals surface area (Å²) in [5.41, 5.74) is 0.322. The molecule has 8 nitrogen and oxygen atoms in total. The van der Waals surface area contributed by atoms with E-state index in [0.717, 1.165) is 0 Å². The number of benzene rings is 1. The molecule has 0 aliphatic rings. The lowest BCUT2D eigenvalue weighted by Crippen LogP contribution is -2.41. The number of carbonyl (C=O) groups is 2. The number of anilines is 1. The molecule has 24 heavy (non-hydrogen) atoms. The minimum absolute atomic E-state index is 0.293. The summed E-state index contributed by atoms with van der Waals surface area (Å²) >= 11 is 0. The van der Waals surface area contributed by atoms with Crippen molar-refractivity contribution in [3.05, 3.63) is 35.6 Å². The van der Waals surface area contributed by atoms with Crippen LogP contribution in [0.3, 0.4) is 0 Å². The van der Waals surface area contributed by atoms with E-state index in [1.54, 1.807) is 38.1 Å². The van der Waals surface area contributed by atoms with Crippen molar-refractivity contribution < 1.29 is 23.6 Å². The monoisotopic (exact) mass is 333 g/mol. The molecule has 0 saturated carbocycles. The normalized spacial score (nSPS) is 11.5. The molecule has 0 spiro atoms. The summed E-state index contributed by atoms with van der Waals surface area (Å²) in [4.78, 5) is 24.4. The van der Waals surface area contributed by atoms with Gasteiger partial charge < -0.3 is 24.6 Å². The summed E-state index contributed by atoms with van der Waals surface area (Å²) in [5.74, 6) is 0.995. The maximum atomic E-state index is 12.3. The van der Waals surface area contributed by atoms with Crippen LogP contribution in [0.4, 0.5) is 5.82 Å². The Morgan fingerprint density at radius 3 is 2.25 bits per heavy atom. The van der Waals surface area contributed by atoms with Crippen LogP contribution in [-0.2, 0) is 4.79 Å². The molecule has 2 amide bonds. The van der Waals surface area contributed by atoms with Crippen molar-refractivity contribution in [2.75, 3.05) is 19.5 Å². The first kappa shape index (κ1) is 17.3. The van der Waals surface area contributed by atoms with E-state index in [-0.39, 0.29) is 0 Å². The van der Waals surface area contributed by atoms with Gasteiger partial charge in [0.25, 0.3) is 5.91 Å². The molecule has 1 atom stereocenters. The summed E-state index contributed by atoms with van der Waals surface area (Å²) in [6.45, 7) is 3.28. The molecule has 2 rings (SSSR count). The fourth-order valence-corrected chi connectivity index (χ4v) is 1.94. The van der Waals surface area contributed by atoms with Crippen molar-refractivity contribution in [1.29, 1.82) is 0 Å². The molecule has 1 aromatic carbocycles. The molecule has 128 valence electrons. The molecule has 1 aromatic heterocycles. The van der Waals surface area contributed by atoms with Gasteiger partial charge in [0, 0.05) is 17.7 Å². The van der Waals surface area contributed by atoms with Crippen molar-refractivity contribution >= 4 is 17.6 Å². The number of amides is 2. The van der Waals surface area contributed by atoms with Gasteiger partial charge in [0.05, 0.1) is 14.2 Å². The zero-order valence-corrected chi connectivity index (χ0v) is 13.9. The lowest BCUT2D eigenvalue weighted by Gasteiger charge is -2.14. The first-order chi connectivity index (χ1) is 11.4. The lowest BCUT2D eigenvalue weighted by atomic mass is 10.1. The number of methoxy groups -OCH3 is 2. The second kappa shape index (κ2) is 7.49. The molecule has 0 fully saturated rings. The molecule has 2 N–H and O–H groups in total. The standard InChI is InChI=1S/C16H19N3O5/c1-9-5-14(19-24-9)18-15(20)10(2)17-16(21)11-6-12(22-3)8-13(7-11)23-4/h5-8,10H,1-4H3,(H,17,21)(H,18,19,20)/t10-/m0/s1. The van der Waals surface area contributed by atoms with Crippen molar-refractivity contribution in [1.82, 2.24) is 10.5 Å². The zero-order valence-electron chi connectivity index (χ0n) is 13.9. The van der Waals surface area contributed by atoms with E-state index >= 15 is 0 Å². The second-order valence-electron chi connectivity index (χ2n) is 5.11. The number of rotatable bonds is 6. The quantitative estimate of drug-likeness (QED) is 0.835. The Kier molecular flexibility index (Phi) is 5.41. The average molecular weight is 333 g/mol. The van der Waals surface area contributed by atoms with Crippen LogP contribution in [0.5, 0.6) is 11.5 Å².